The second-order valence-corrected chi connectivity index (χ2v) is 6.62. The first-order valence-corrected chi connectivity index (χ1v) is 9.34. The van der Waals surface area contributed by atoms with Gasteiger partial charge in [-0.15, -0.1) is 0 Å². The number of aryl methyl sites for hydroxylation is 1. The van der Waals surface area contributed by atoms with Gasteiger partial charge in [0, 0.05) is 13.1 Å². The van der Waals surface area contributed by atoms with Gasteiger partial charge in [0.15, 0.2) is 0 Å². The van der Waals surface area contributed by atoms with E-state index in [-0.39, 0.29) is 0 Å². The molecule has 2 rings (SSSR count). The van der Waals surface area contributed by atoms with E-state index in [4.69, 9.17) is 19.8 Å². The number of unbranched alkanes of at least 4 members (excludes halogenated alkanes) is 4. The van der Waals surface area contributed by atoms with Crippen LogP contribution in [0.25, 0.3) is 5.57 Å². The molecule has 1 aromatic rings. The summed E-state index contributed by atoms with van der Waals surface area (Å²) in [7, 11) is 2.18. The molecule has 8 heteroatoms. The summed E-state index contributed by atoms with van der Waals surface area (Å²) in [5.41, 5.74) is 3.78. The monoisotopic (exact) mass is 369 g/mol. The molecule has 2 heterocycles. The third-order valence-corrected chi connectivity index (χ3v) is 4.47. The second kappa shape index (κ2) is 11.7. The Morgan fingerprint density at radius 3 is 2.44 bits per heavy atom. The predicted octanol–water partition coefficient (Wildman–Crippen LogP) is 2.93. The number of aliphatic carboxylic acids is 2. The van der Waals surface area contributed by atoms with Crippen LogP contribution < -0.4 is 0 Å². The van der Waals surface area contributed by atoms with E-state index in [2.05, 4.69) is 33.7 Å². The van der Waals surface area contributed by atoms with Gasteiger partial charge in [-0.3, -0.25) is 0 Å². The lowest BCUT2D eigenvalue weighted by Crippen LogP contribution is -2.25. The SMILES string of the molecule is CCCCCCCc1nsnc1C1=CCCN(C)C1.O=C(O)C(=O)O. The van der Waals surface area contributed by atoms with Crippen molar-refractivity contribution in [3.63, 3.8) is 0 Å². The summed E-state index contributed by atoms with van der Waals surface area (Å²) in [5, 5.41) is 14.8. The van der Waals surface area contributed by atoms with Crippen LogP contribution in [0.15, 0.2) is 6.08 Å². The number of carboxylic acid groups (broad SMARTS) is 2. The van der Waals surface area contributed by atoms with Crippen LogP contribution >= 0.6 is 11.7 Å². The van der Waals surface area contributed by atoms with Crippen molar-refractivity contribution in [2.75, 3.05) is 20.1 Å². The Kier molecular flexibility index (Phi) is 9.94. The first-order chi connectivity index (χ1) is 12.0. The summed E-state index contributed by atoms with van der Waals surface area (Å²) < 4.78 is 9.03. The van der Waals surface area contributed by atoms with Gasteiger partial charge in [0.05, 0.1) is 17.4 Å². The lowest BCUT2D eigenvalue weighted by Gasteiger charge is -2.22. The molecule has 0 bridgehead atoms. The van der Waals surface area contributed by atoms with E-state index in [1.807, 2.05) is 0 Å². The Labute approximate surface area is 152 Å². The highest BCUT2D eigenvalue weighted by molar-refractivity contribution is 6.99. The first kappa shape index (κ1) is 21.2. The molecule has 0 saturated heterocycles. The summed E-state index contributed by atoms with van der Waals surface area (Å²) >= 11 is 1.37. The van der Waals surface area contributed by atoms with E-state index < -0.39 is 11.9 Å². The van der Waals surface area contributed by atoms with Gasteiger partial charge in [-0.2, -0.15) is 8.75 Å². The first-order valence-electron chi connectivity index (χ1n) is 8.61. The predicted molar refractivity (Wildman–Crippen MR) is 97.7 cm³/mol. The molecule has 0 radical (unpaired) electrons. The zero-order valence-corrected chi connectivity index (χ0v) is 15.7. The van der Waals surface area contributed by atoms with Crippen molar-refractivity contribution < 1.29 is 19.8 Å². The fourth-order valence-corrected chi connectivity index (χ4v) is 3.20. The number of hydrogen-bond acceptors (Lipinski definition) is 6. The van der Waals surface area contributed by atoms with Gasteiger partial charge in [-0.1, -0.05) is 38.7 Å². The number of carboxylic acids is 2. The normalized spacial score (nSPS) is 14.4. The Bertz CT molecular complexity index is 574. The number of aromatic nitrogens is 2. The highest BCUT2D eigenvalue weighted by Gasteiger charge is 2.16. The topological polar surface area (TPSA) is 104 Å². The molecule has 25 heavy (non-hydrogen) atoms. The Morgan fingerprint density at radius 1 is 1.16 bits per heavy atom. The molecule has 140 valence electrons. The van der Waals surface area contributed by atoms with Crippen molar-refractivity contribution in [2.45, 2.75) is 51.9 Å². The van der Waals surface area contributed by atoms with E-state index in [0.29, 0.717) is 0 Å². The zero-order valence-electron chi connectivity index (χ0n) is 14.9. The molecule has 0 spiro atoms. The van der Waals surface area contributed by atoms with Gasteiger partial charge in [0.1, 0.15) is 5.69 Å². The van der Waals surface area contributed by atoms with Crippen LogP contribution in [0.5, 0.6) is 0 Å². The summed E-state index contributed by atoms with van der Waals surface area (Å²) in [5.74, 6) is -3.65. The van der Waals surface area contributed by atoms with Crippen molar-refractivity contribution in [3.05, 3.63) is 17.5 Å². The van der Waals surface area contributed by atoms with Crippen LogP contribution in [-0.4, -0.2) is 55.9 Å². The minimum Gasteiger partial charge on any atom is -0.473 e. The Hall–Kier alpha value is -1.80. The van der Waals surface area contributed by atoms with E-state index >= 15 is 0 Å². The highest BCUT2D eigenvalue weighted by Crippen LogP contribution is 2.23. The second-order valence-electron chi connectivity index (χ2n) is 6.09. The number of nitrogens with zero attached hydrogens (tertiary/aromatic N) is 3. The Balaban J connectivity index is 0.000000450. The Morgan fingerprint density at radius 2 is 1.84 bits per heavy atom. The molecule has 1 aromatic heterocycles. The van der Waals surface area contributed by atoms with Crippen molar-refractivity contribution in [3.8, 4) is 0 Å². The molecule has 0 fully saturated rings. The van der Waals surface area contributed by atoms with Gasteiger partial charge in [0.2, 0.25) is 0 Å². The zero-order chi connectivity index (χ0) is 18.7. The number of hydrogen-bond donors (Lipinski definition) is 2. The van der Waals surface area contributed by atoms with Crippen molar-refractivity contribution in [1.29, 1.82) is 0 Å². The molecule has 0 unspecified atom stereocenters. The molecule has 1 aliphatic rings. The lowest BCUT2D eigenvalue weighted by molar-refractivity contribution is -0.159. The minimum atomic E-state index is -1.82. The molecule has 0 aromatic carbocycles. The largest absolute Gasteiger partial charge is 0.473 e. The standard InChI is InChI=1S/C15H25N3S.C2H2O4/c1-3-4-5-6-7-10-14-15(17-19-16-14)13-9-8-11-18(2)12-13;3-1(4)2(5)6/h9H,3-8,10-12H2,1-2H3;(H,3,4)(H,5,6). The lowest BCUT2D eigenvalue weighted by atomic mass is 10.0. The quantitative estimate of drug-likeness (QED) is 0.562. The average molecular weight is 369 g/mol. The van der Waals surface area contributed by atoms with E-state index in [0.717, 1.165) is 25.9 Å². The molecule has 0 saturated carbocycles. The van der Waals surface area contributed by atoms with Crippen LogP contribution in [0.4, 0.5) is 0 Å². The van der Waals surface area contributed by atoms with Gasteiger partial charge in [0.25, 0.3) is 0 Å². The van der Waals surface area contributed by atoms with Gasteiger partial charge < -0.3 is 15.1 Å². The molecule has 0 amide bonds. The minimum absolute atomic E-state index is 1.02. The summed E-state index contributed by atoms with van der Waals surface area (Å²) in [6, 6.07) is 0. The highest BCUT2D eigenvalue weighted by atomic mass is 32.1. The van der Waals surface area contributed by atoms with Gasteiger partial charge >= 0.3 is 11.9 Å². The molecular weight excluding hydrogens is 342 g/mol. The van der Waals surface area contributed by atoms with E-state index in [9.17, 15) is 0 Å². The third kappa shape index (κ3) is 8.22. The number of rotatable bonds is 7. The fraction of sp³-hybridized carbons (Fsp3) is 0.647. The number of likely N-dealkylation sites (N-methyl/N-ethyl adjacent to an activating group) is 1. The van der Waals surface area contributed by atoms with Crippen molar-refractivity contribution in [2.24, 2.45) is 0 Å². The van der Waals surface area contributed by atoms with E-state index in [1.165, 1.54) is 60.8 Å². The van der Waals surface area contributed by atoms with Crippen molar-refractivity contribution in [1.82, 2.24) is 13.6 Å². The van der Waals surface area contributed by atoms with Crippen LogP contribution in [0.2, 0.25) is 0 Å². The summed E-state index contributed by atoms with van der Waals surface area (Å²) in [6.07, 6.45) is 11.2. The van der Waals surface area contributed by atoms with Crippen LogP contribution in [0, 0.1) is 0 Å². The van der Waals surface area contributed by atoms with Crippen LogP contribution in [0.3, 0.4) is 0 Å². The molecule has 0 atom stereocenters. The van der Waals surface area contributed by atoms with Crippen LogP contribution in [0.1, 0.15) is 56.8 Å². The maximum atomic E-state index is 9.10. The van der Waals surface area contributed by atoms with E-state index in [1.54, 1.807) is 0 Å². The molecule has 7 nitrogen and oxygen atoms in total. The fourth-order valence-electron chi connectivity index (χ4n) is 2.58. The van der Waals surface area contributed by atoms with Crippen LogP contribution in [-0.2, 0) is 16.0 Å². The molecule has 1 aliphatic heterocycles. The van der Waals surface area contributed by atoms with Crippen molar-refractivity contribution >= 4 is 29.2 Å². The number of carbonyl (C=O) groups is 2. The smallest absolute Gasteiger partial charge is 0.414 e. The molecule has 2 N–H and O–H groups in total. The molecular formula is C17H27N3O4S. The maximum absolute atomic E-state index is 9.10. The molecule has 0 aliphatic carbocycles. The third-order valence-electron chi connectivity index (χ3n) is 3.90. The summed E-state index contributed by atoms with van der Waals surface area (Å²) in [6.45, 7) is 4.44. The van der Waals surface area contributed by atoms with Gasteiger partial charge in [-0.05, 0) is 31.9 Å². The summed E-state index contributed by atoms with van der Waals surface area (Å²) in [4.78, 5) is 20.6. The maximum Gasteiger partial charge on any atom is 0.414 e. The van der Waals surface area contributed by atoms with Gasteiger partial charge in [-0.25, -0.2) is 9.59 Å². The average Bonchev–Trinajstić information content (AvgIpc) is 3.03.